The molecule has 0 fully saturated rings. The van der Waals surface area contributed by atoms with Crippen LogP contribution in [0.3, 0.4) is 0 Å². The third kappa shape index (κ3) is 8.08. The maximum Gasteiger partial charge on any atom is 0.264 e. The van der Waals surface area contributed by atoms with E-state index in [0.29, 0.717) is 15.9 Å². The Hall–Kier alpha value is -3.37. The molecule has 214 valence electrons. The van der Waals surface area contributed by atoms with Crippen LogP contribution in [0, 0.1) is 6.92 Å². The molecule has 0 spiro atoms. The third-order valence-corrected chi connectivity index (χ3v) is 8.42. The number of halogens is 1. The summed E-state index contributed by atoms with van der Waals surface area (Å²) in [5.41, 5.74) is 1.44. The van der Waals surface area contributed by atoms with Crippen molar-refractivity contribution in [2.24, 2.45) is 0 Å². The predicted molar refractivity (Wildman–Crippen MR) is 161 cm³/mol. The molecule has 40 heavy (non-hydrogen) atoms. The number of nitrogens with zero attached hydrogens (tertiary/aromatic N) is 2. The molecule has 0 unspecified atom stereocenters. The van der Waals surface area contributed by atoms with E-state index in [4.69, 9.17) is 4.74 Å². The second-order valence-corrected chi connectivity index (χ2v) is 13.4. The first kappa shape index (κ1) is 31.2. The van der Waals surface area contributed by atoms with Gasteiger partial charge < -0.3 is 15.0 Å². The fourth-order valence-corrected chi connectivity index (χ4v) is 5.81. The van der Waals surface area contributed by atoms with Crippen LogP contribution in [-0.4, -0.2) is 50.4 Å². The fourth-order valence-electron chi connectivity index (χ4n) is 4.02. The van der Waals surface area contributed by atoms with Crippen LogP contribution < -0.4 is 14.4 Å². The Kier molecular flexibility index (Phi) is 10.0. The van der Waals surface area contributed by atoms with Crippen molar-refractivity contribution < 1.29 is 22.7 Å². The van der Waals surface area contributed by atoms with E-state index in [0.717, 1.165) is 15.4 Å². The molecule has 1 N–H and O–H groups in total. The Morgan fingerprint density at radius 3 is 2.25 bits per heavy atom. The van der Waals surface area contributed by atoms with Gasteiger partial charge in [-0.2, -0.15) is 0 Å². The summed E-state index contributed by atoms with van der Waals surface area (Å²) in [6.07, 6.45) is 0. The van der Waals surface area contributed by atoms with Crippen molar-refractivity contribution in [3.63, 3.8) is 0 Å². The van der Waals surface area contributed by atoms with Gasteiger partial charge in [-0.15, -0.1) is 0 Å². The van der Waals surface area contributed by atoms with E-state index in [9.17, 15) is 18.0 Å². The normalized spacial score (nSPS) is 12.4. The highest BCUT2D eigenvalue weighted by atomic mass is 79.9. The summed E-state index contributed by atoms with van der Waals surface area (Å²) < 4.78 is 34.9. The van der Waals surface area contributed by atoms with Crippen molar-refractivity contribution in [3.8, 4) is 5.75 Å². The number of amides is 2. The van der Waals surface area contributed by atoms with Gasteiger partial charge in [0.05, 0.1) is 17.7 Å². The molecular formula is C30H36BrN3O5S. The minimum absolute atomic E-state index is 0.0590. The zero-order chi connectivity index (χ0) is 29.7. The molecule has 2 amide bonds. The molecule has 0 bridgehead atoms. The molecule has 8 nitrogen and oxygen atoms in total. The lowest BCUT2D eigenvalue weighted by Crippen LogP contribution is -2.54. The fraction of sp³-hybridized carbons (Fsp3) is 0.333. The van der Waals surface area contributed by atoms with E-state index < -0.39 is 34.1 Å². The lowest BCUT2D eigenvalue weighted by Gasteiger charge is -2.33. The molecule has 0 aliphatic rings. The van der Waals surface area contributed by atoms with Crippen LogP contribution in [0.4, 0.5) is 5.69 Å². The number of sulfonamides is 1. The summed E-state index contributed by atoms with van der Waals surface area (Å²) in [7, 11) is -2.58. The molecular weight excluding hydrogens is 594 g/mol. The molecule has 10 heteroatoms. The number of methoxy groups -OCH3 is 1. The summed E-state index contributed by atoms with van der Waals surface area (Å²) >= 11 is 3.40. The maximum absolute atomic E-state index is 14.0. The Balaban J connectivity index is 2.05. The first-order valence-electron chi connectivity index (χ1n) is 12.8. The summed E-state index contributed by atoms with van der Waals surface area (Å²) in [6.45, 7) is 8.64. The van der Waals surface area contributed by atoms with Gasteiger partial charge in [-0.05, 0) is 82.6 Å². The summed E-state index contributed by atoms with van der Waals surface area (Å²) in [5, 5.41) is 2.92. The lowest BCUT2D eigenvalue weighted by atomic mass is 10.1. The van der Waals surface area contributed by atoms with Crippen LogP contribution in [0.2, 0.25) is 0 Å². The van der Waals surface area contributed by atoms with Gasteiger partial charge in [0, 0.05) is 16.6 Å². The quantitative estimate of drug-likeness (QED) is 0.329. The Labute approximate surface area is 245 Å². The zero-order valence-corrected chi connectivity index (χ0v) is 26.0. The average Bonchev–Trinajstić information content (AvgIpc) is 2.89. The van der Waals surface area contributed by atoms with Gasteiger partial charge in [0.2, 0.25) is 11.8 Å². The average molecular weight is 631 g/mol. The second kappa shape index (κ2) is 12.9. The van der Waals surface area contributed by atoms with E-state index in [2.05, 4.69) is 21.2 Å². The molecule has 0 radical (unpaired) electrons. The van der Waals surface area contributed by atoms with E-state index >= 15 is 0 Å². The number of aryl methyl sites for hydroxylation is 1. The molecule has 3 aromatic rings. The molecule has 0 saturated heterocycles. The molecule has 3 aromatic carbocycles. The maximum atomic E-state index is 14.0. The van der Waals surface area contributed by atoms with Crippen molar-refractivity contribution >= 4 is 43.5 Å². The highest BCUT2D eigenvalue weighted by Crippen LogP contribution is 2.27. The van der Waals surface area contributed by atoms with Crippen molar-refractivity contribution in [2.75, 3.05) is 18.0 Å². The van der Waals surface area contributed by atoms with E-state index in [1.807, 2.05) is 33.8 Å². The van der Waals surface area contributed by atoms with Gasteiger partial charge in [0.15, 0.2) is 0 Å². The second-order valence-electron chi connectivity index (χ2n) is 10.6. The standard InChI is InChI=1S/C30H36BrN3O5S/c1-21-13-15-27(16-14-21)40(37,38)34(25-11-8-10-24(31)18-25)20-28(35)33(22(2)29(36)32-30(3,4)5)19-23-9-7-12-26(17-23)39-6/h7-18,22H,19-20H2,1-6H3,(H,32,36)/t22-/m1/s1. The first-order chi connectivity index (χ1) is 18.7. The minimum atomic E-state index is -4.13. The molecule has 3 rings (SSSR count). The zero-order valence-electron chi connectivity index (χ0n) is 23.6. The van der Waals surface area contributed by atoms with Crippen molar-refractivity contribution in [1.29, 1.82) is 0 Å². The SMILES string of the molecule is COc1cccc(CN(C(=O)CN(c2cccc(Br)c2)S(=O)(=O)c2ccc(C)cc2)[C@H](C)C(=O)NC(C)(C)C)c1. The Morgan fingerprint density at radius 2 is 1.65 bits per heavy atom. The number of hydrogen-bond donors (Lipinski definition) is 1. The Morgan fingerprint density at radius 1 is 1.00 bits per heavy atom. The van der Waals surface area contributed by atoms with Crippen LogP contribution in [0.1, 0.15) is 38.8 Å². The van der Waals surface area contributed by atoms with Gasteiger partial charge in [-0.3, -0.25) is 13.9 Å². The van der Waals surface area contributed by atoms with Gasteiger partial charge in [-0.25, -0.2) is 8.42 Å². The smallest absolute Gasteiger partial charge is 0.264 e. The van der Waals surface area contributed by atoms with Crippen LogP contribution in [-0.2, 0) is 26.2 Å². The van der Waals surface area contributed by atoms with Crippen LogP contribution in [0.25, 0.3) is 0 Å². The number of hydrogen-bond acceptors (Lipinski definition) is 5. The van der Waals surface area contributed by atoms with E-state index in [-0.39, 0.29) is 17.3 Å². The number of nitrogens with one attached hydrogen (secondary N) is 1. The molecule has 0 saturated carbocycles. The largest absolute Gasteiger partial charge is 0.497 e. The number of carbonyl (C=O) groups is 2. The molecule has 0 heterocycles. The topological polar surface area (TPSA) is 96.0 Å². The van der Waals surface area contributed by atoms with E-state index in [1.165, 1.54) is 17.0 Å². The van der Waals surface area contributed by atoms with Gasteiger partial charge in [0.25, 0.3) is 10.0 Å². The van der Waals surface area contributed by atoms with Gasteiger partial charge in [0.1, 0.15) is 18.3 Å². The van der Waals surface area contributed by atoms with Gasteiger partial charge in [-0.1, -0.05) is 51.8 Å². The number of rotatable bonds is 10. The first-order valence-corrected chi connectivity index (χ1v) is 15.0. The highest BCUT2D eigenvalue weighted by Gasteiger charge is 2.33. The summed E-state index contributed by atoms with van der Waals surface area (Å²) in [4.78, 5) is 28.7. The summed E-state index contributed by atoms with van der Waals surface area (Å²) in [6, 6.07) is 19.5. The Bertz CT molecular complexity index is 1450. The number of carbonyl (C=O) groups excluding carboxylic acids is 2. The lowest BCUT2D eigenvalue weighted by molar-refractivity contribution is -0.140. The molecule has 0 aliphatic carbocycles. The molecule has 0 aliphatic heterocycles. The number of anilines is 1. The highest BCUT2D eigenvalue weighted by molar-refractivity contribution is 9.10. The van der Waals surface area contributed by atoms with Gasteiger partial charge >= 0.3 is 0 Å². The number of benzene rings is 3. The van der Waals surface area contributed by atoms with Crippen molar-refractivity contribution in [2.45, 2.75) is 57.6 Å². The predicted octanol–water partition coefficient (Wildman–Crippen LogP) is 5.29. The molecule has 0 aromatic heterocycles. The minimum Gasteiger partial charge on any atom is -0.497 e. The van der Waals surface area contributed by atoms with Crippen LogP contribution >= 0.6 is 15.9 Å². The molecule has 1 atom stereocenters. The van der Waals surface area contributed by atoms with Crippen molar-refractivity contribution in [1.82, 2.24) is 10.2 Å². The third-order valence-electron chi connectivity index (χ3n) is 6.14. The monoisotopic (exact) mass is 629 g/mol. The van der Waals surface area contributed by atoms with Crippen molar-refractivity contribution in [3.05, 3.63) is 88.4 Å². The summed E-state index contributed by atoms with van der Waals surface area (Å²) in [5.74, 6) is -0.274. The number of ether oxygens (including phenoxy) is 1. The van der Waals surface area contributed by atoms with Crippen LogP contribution in [0.15, 0.2) is 82.2 Å². The van der Waals surface area contributed by atoms with E-state index in [1.54, 1.807) is 68.6 Å². The van der Waals surface area contributed by atoms with Crippen LogP contribution in [0.5, 0.6) is 5.75 Å².